The summed E-state index contributed by atoms with van der Waals surface area (Å²) in [6.07, 6.45) is 2.24. The first kappa shape index (κ1) is 13.5. The van der Waals surface area contributed by atoms with Crippen LogP contribution in [0.1, 0.15) is 6.42 Å². The number of ether oxygens (including phenoxy) is 1. The second-order valence-corrected chi connectivity index (χ2v) is 4.22. The lowest BCUT2D eigenvalue weighted by atomic mass is 10.1. The molecule has 0 aromatic carbocycles. The summed E-state index contributed by atoms with van der Waals surface area (Å²) in [5, 5.41) is 18.1. The summed E-state index contributed by atoms with van der Waals surface area (Å²) < 4.78 is 7.00. The number of aryl methyl sites for hydroxylation is 1. The predicted octanol–water partition coefficient (Wildman–Crippen LogP) is -0.592. The van der Waals surface area contributed by atoms with Gasteiger partial charge in [0, 0.05) is 25.7 Å². The largest absolute Gasteiger partial charge is 0.479 e. The maximum Gasteiger partial charge on any atom is 0.245 e. The molecule has 0 saturated carbocycles. The number of methoxy groups -OCH3 is 1. The summed E-state index contributed by atoms with van der Waals surface area (Å²) in [5.74, 6) is 0.320. The van der Waals surface area contributed by atoms with E-state index in [1.54, 1.807) is 6.33 Å². The second kappa shape index (κ2) is 5.81. The van der Waals surface area contributed by atoms with Crippen LogP contribution in [-0.4, -0.2) is 50.1 Å². The van der Waals surface area contributed by atoms with Crippen LogP contribution in [0.15, 0.2) is 6.33 Å². The average molecular weight is 267 g/mol. The molecule has 0 aliphatic heterocycles. The van der Waals surface area contributed by atoms with Crippen LogP contribution in [0.5, 0.6) is 5.88 Å². The highest BCUT2D eigenvalue weighted by Gasteiger charge is 2.14. The van der Waals surface area contributed by atoms with Crippen molar-refractivity contribution >= 4 is 17.1 Å². The molecule has 2 aromatic heterocycles. The van der Waals surface area contributed by atoms with Gasteiger partial charge >= 0.3 is 0 Å². The Balaban J connectivity index is 2.29. The number of fused-ring (bicyclic) bond motifs is 1. The molecule has 0 aliphatic rings. The van der Waals surface area contributed by atoms with Crippen molar-refractivity contribution in [3.05, 3.63) is 6.33 Å². The Morgan fingerprint density at radius 1 is 1.37 bits per heavy atom. The van der Waals surface area contributed by atoms with Crippen molar-refractivity contribution in [2.45, 2.75) is 13.0 Å². The monoisotopic (exact) mass is 267 g/mol. The fraction of sp³-hybridized carbons (Fsp3) is 0.545. The molecule has 2 aromatic rings. The van der Waals surface area contributed by atoms with E-state index in [0.717, 1.165) is 0 Å². The molecule has 0 unspecified atom stereocenters. The van der Waals surface area contributed by atoms with Gasteiger partial charge < -0.3 is 25.3 Å². The van der Waals surface area contributed by atoms with Crippen molar-refractivity contribution in [2.75, 3.05) is 26.1 Å². The van der Waals surface area contributed by atoms with E-state index in [0.29, 0.717) is 30.0 Å². The Labute approximate surface area is 109 Å². The van der Waals surface area contributed by atoms with Crippen LogP contribution in [0.25, 0.3) is 11.2 Å². The minimum absolute atomic E-state index is 0.0519. The molecule has 0 amide bonds. The summed E-state index contributed by atoms with van der Waals surface area (Å²) >= 11 is 0. The number of anilines is 1. The third-order valence-corrected chi connectivity index (χ3v) is 2.95. The number of aromatic nitrogens is 4. The predicted molar refractivity (Wildman–Crippen MR) is 68.6 cm³/mol. The summed E-state index contributed by atoms with van der Waals surface area (Å²) in [7, 11) is 1.50. The number of aliphatic hydroxyl groups excluding tert-OH is 2. The Bertz CT molecular complexity index is 552. The third-order valence-electron chi connectivity index (χ3n) is 2.95. The Hall–Kier alpha value is -1.93. The molecule has 0 radical (unpaired) electrons. The van der Waals surface area contributed by atoms with Gasteiger partial charge in [-0.1, -0.05) is 0 Å². The van der Waals surface area contributed by atoms with E-state index < -0.39 is 0 Å². The van der Waals surface area contributed by atoms with Crippen molar-refractivity contribution in [3.8, 4) is 5.88 Å². The van der Waals surface area contributed by atoms with E-state index in [9.17, 15) is 0 Å². The Morgan fingerprint density at radius 2 is 2.11 bits per heavy atom. The van der Waals surface area contributed by atoms with Crippen molar-refractivity contribution in [1.82, 2.24) is 19.5 Å². The normalized spacial score (nSPS) is 11.4. The van der Waals surface area contributed by atoms with Gasteiger partial charge in [-0.25, -0.2) is 4.98 Å². The maximum absolute atomic E-state index is 9.05. The number of nitrogens with zero attached hydrogens (tertiary/aromatic N) is 4. The van der Waals surface area contributed by atoms with Gasteiger partial charge in [-0.3, -0.25) is 0 Å². The zero-order chi connectivity index (χ0) is 13.8. The van der Waals surface area contributed by atoms with Crippen molar-refractivity contribution in [3.63, 3.8) is 0 Å². The number of nitrogen functional groups attached to an aromatic ring is 1. The minimum atomic E-state index is -0.154. The van der Waals surface area contributed by atoms with Crippen LogP contribution in [0, 0.1) is 5.92 Å². The second-order valence-electron chi connectivity index (χ2n) is 4.22. The lowest BCUT2D eigenvalue weighted by Crippen LogP contribution is -2.14. The van der Waals surface area contributed by atoms with Gasteiger partial charge in [0.15, 0.2) is 11.2 Å². The Kier molecular flexibility index (Phi) is 4.13. The topological polar surface area (TPSA) is 119 Å². The first-order chi connectivity index (χ1) is 9.19. The quantitative estimate of drug-likeness (QED) is 0.639. The first-order valence-corrected chi connectivity index (χ1v) is 5.93. The zero-order valence-electron chi connectivity index (χ0n) is 10.7. The number of imidazole rings is 1. The van der Waals surface area contributed by atoms with Crippen LogP contribution in [0.4, 0.5) is 5.95 Å². The SMILES string of the molecule is COc1nc(N)nc2ncn(CCC(CO)CO)c12. The fourth-order valence-corrected chi connectivity index (χ4v) is 1.84. The smallest absolute Gasteiger partial charge is 0.245 e. The molecule has 0 spiro atoms. The highest BCUT2D eigenvalue weighted by atomic mass is 16.5. The average Bonchev–Trinajstić information content (AvgIpc) is 2.82. The van der Waals surface area contributed by atoms with Gasteiger partial charge in [0.2, 0.25) is 11.8 Å². The highest BCUT2D eigenvalue weighted by Crippen LogP contribution is 2.22. The molecule has 8 heteroatoms. The maximum atomic E-state index is 9.05. The van der Waals surface area contributed by atoms with Crippen LogP contribution in [0.2, 0.25) is 0 Å². The standard InChI is InChI=1S/C11H17N5O3/c1-19-10-8-9(14-11(12)15-10)13-6-16(8)3-2-7(4-17)5-18/h6-7,17-18H,2-5H2,1H3,(H2,12,14,15). The van der Waals surface area contributed by atoms with Gasteiger partial charge in [0.25, 0.3) is 0 Å². The summed E-state index contributed by atoms with van der Waals surface area (Å²) in [6, 6.07) is 0. The first-order valence-electron chi connectivity index (χ1n) is 5.93. The molecular formula is C11H17N5O3. The number of hydrogen-bond donors (Lipinski definition) is 3. The van der Waals surface area contributed by atoms with E-state index in [1.165, 1.54) is 7.11 Å². The van der Waals surface area contributed by atoms with E-state index in [4.69, 9.17) is 20.7 Å². The van der Waals surface area contributed by atoms with Gasteiger partial charge in [-0.2, -0.15) is 9.97 Å². The van der Waals surface area contributed by atoms with Gasteiger partial charge in [-0.05, 0) is 6.42 Å². The van der Waals surface area contributed by atoms with Gasteiger partial charge in [0.1, 0.15) is 0 Å². The van der Waals surface area contributed by atoms with E-state index in [-0.39, 0.29) is 25.1 Å². The molecule has 2 rings (SSSR count). The molecule has 0 aliphatic carbocycles. The molecule has 0 saturated heterocycles. The third kappa shape index (κ3) is 2.74. The molecule has 0 atom stereocenters. The van der Waals surface area contributed by atoms with E-state index in [1.807, 2.05) is 4.57 Å². The number of rotatable bonds is 6. The molecular weight excluding hydrogens is 250 g/mol. The van der Waals surface area contributed by atoms with Gasteiger partial charge in [-0.15, -0.1) is 0 Å². The van der Waals surface area contributed by atoms with Crippen LogP contribution < -0.4 is 10.5 Å². The van der Waals surface area contributed by atoms with E-state index in [2.05, 4.69) is 15.0 Å². The molecule has 104 valence electrons. The van der Waals surface area contributed by atoms with Crippen molar-refractivity contribution in [1.29, 1.82) is 0 Å². The molecule has 0 bridgehead atoms. The Morgan fingerprint density at radius 3 is 2.74 bits per heavy atom. The summed E-state index contributed by atoms with van der Waals surface area (Å²) in [5.41, 5.74) is 6.68. The molecule has 8 nitrogen and oxygen atoms in total. The lowest BCUT2D eigenvalue weighted by Gasteiger charge is -2.12. The minimum Gasteiger partial charge on any atom is -0.479 e. The van der Waals surface area contributed by atoms with Crippen molar-refractivity contribution < 1.29 is 14.9 Å². The number of aliphatic hydroxyl groups is 2. The van der Waals surface area contributed by atoms with Crippen LogP contribution >= 0.6 is 0 Å². The lowest BCUT2D eigenvalue weighted by molar-refractivity contribution is 0.140. The molecule has 4 N–H and O–H groups in total. The molecule has 19 heavy (non-hydrogen) atoms. The molecule has 2 heterocycles. The zero-order valence-corrected chi connectivity index (χ0v) is 10.7. The number of hydrogen-bond acceptors (Lipinski definition) is 7. The highest BCUT2D eigenvalue weighted by molar-refractivity contribution is 5.77. The molecule has 0 fully saturated rings. The van der Waals surface area contributed by atoms with Gasteiger partial charge in [0.05, 0.1) is 13.4 Å². The van der Waals surface area contributed by atoms with Crippen LogP contribution in [-0.2, 0) is 6.54 Å². The van der Waals surface area contributed by atoms with E-state index >= 15 is 0 Å². The van der Waals surface area contributed by atoms with Crippen LogP contribution in [0.3, 0.4) is 0 Å². The van der Waals surface area contributed by atoms with Crippen molar-refractivity contribution in [2.24, 2.45) is 5.92 Å². The summed E-state index contributed by atoms with van der Waals surface area (Å²) in [4.78, 5) is 12.2. The number of nitrogens with two attached hydrogens (primary N) is 1. The fourth-order valence-electron chi connectivity index (χ4n) is 1.84. The summed E-state index contributed by atoms with van der Waals surface area (Å²) in [6.45, 7) is 0.472.